The van der Waals surface area contributed by atoms with Crippen molar-refractivity contribution in [1.29, 1.82) is 0 Å². The van der Waals surface area contributed by atoms with Gasteiger partial charge in [0.05, 0.1) is 12.6 Å². The summed E-state index contributed by atoms with van der Waals surface area (Å²) >= 11 is 0. The monoisotopic (exact) mass is 180 g/mol. The number of hydrogen-bond acceptors (Lipinski definition) is 2. The Balaban J connectivity index is 2.46. The van der Waals surface area contributed by atoms with Gasteiger partial charge >= 0.3 is 0 Å². The predicted molar refractivity (Wildman–Crippen MR) is 52.1 cm³/mol. The van der Waals surface area contributed by atoms with E-state index in [1.807, 2.05) is 13.8 Å². The van der Waals surface area contributed by atoms with Crippen LogP contribution in [0.15, 0.2) is 0 Å². The second kappa shape index (κ2) is 4.29. The first-order valence-corrected chi connectivity index (χ1v) is 4.63. The van der Waals surface area contributed by atoms with Gasteiger partial charge in [0.1, 0.15) is 0 Å². The molecular formula is C10H16N2O. The molecule has 1 N–H and O–H groups in total. The lowest BCUT2D eigenvalue weighted by Crippen LogP contribution is -2.41. The number of nitrogens with one attached hydrogen (secondary N) is 1. The van der Waals surface area contributed by atoms with Crippen LogP contribution < -0.4 is 5.32 Å². The zero-order chi connectivity index (χ0) is 9.84. The number of likely N-dealkylation sites (tertiary alicyclic amines) is 1. The van der Waals surface area contributed by atoms with Crippen LogP contribution in [0.4, 0.5) is 0 Å². The number of carbonyl (C=O) groups excluding carboxylic acids is 1. The second-order valence-electron chi connectivity index (χ2n) is 3.63. The third-order valence-electron chi connectivity index (χ3n) is 2.11. The highest BCUT2D eigenvalue weighted by Crippen LogP contribution is 2.10. The fraction of sp³-hybridized carbons (Fsp3) is 0.700. The van der Waals surface area contributed by atoms with Crippen LogP contribution in [-0.2, 0) is 4.79 Å². The predicted octanol–water partition coefficient (Wildman–Crippen LogP) is 0.218. The summed E-state index contributed by atoms with van der Waals surface area (Å²) in [6, 6.07) is 0.327. The van der Waals surface area contributed by atoms with E-state index in [1.165, 1.54) is 0 Å². The molecule has 0 aromatic rings. The lowest BCUT2D eigenvalue weighted by Gasteiger charge is -2.15. The molecule has 72 valence electrons. The molecular weight excluding hydrogens is 164 g/mol. The highest BCUT2D eigenvalue weighted by Gasteiger charge is 2.30. The highest BCUT2D eigenvalue weighted by molar-refractivity contribution is 5.84. The maximum absolute atomic E-state index is 11.6. The van der Waals surface area contributed by atoms with Crippen molar-refractivity contribution in [1.82, 2.24) is 10.2 Å². The van der Waals surface area contributed by atoms with E-state index in [2.05, 4.69) is 11.2 Å². The molecule has 13 heavy (non-hydrogen) atoms. The van der Waals surface area contributed by atoms with Crippen LogP contribution in [0, 0.1) is 12.3 Å². The van der Waals surface area contributed by atoms with E-state index in [-0.39, 0.29) is 11.9 Å². The number of hydrogen-bond donors (Lipinski definition) is 1. The molecule has 1 saturated heterocycles. The molecule has 0 aromatic heterocycles. The molecule has 1 atom stereocenters. The van der Waals surface area contributed by atoms with Crippen LogP contribution in [-0.4, -0.2) is 36.0 Å². The summed E-state index contributed by atoms with van der Waals surface area (Å²) in [6.07, 6.45) is 6.03. The Morgan fingerprint density at radius 1 is 1.77 bits per heavy atom. The lowest BCUT2D eigenvalue weighted by molar-refractivity contribution is -0.129. The zero-order valence-corrected chi connectivity index (χ0v) is 8.21. The Morgan fingerprint density at radius 3 is 3.00 bits per heavy atom. The molecule has 0 saturated carbocycles. The third-order valence-corrected chi connectivity index (χ3v) is 2.11. The van der Waals surface area contributed by atoms with Crippen LogP contribution in [0.3, 0.4) is 0 Å². The molecule has 3 heteroatoms. The summed E-state index contributed by atoms with van der Waals surface area (Å²) in [5, 5.41) is 3.22. The maximum atomic E-state index is 11.6. The average molecular weight is 180 g/mol. The van der Waals surface area contributed by atoms with Gasteiger partial charge in [-0.25, -0.2) is 0 Å². The van der Waals surface area contributed by atoms with Gasteiger partial charge in [-0.3, -0.25) is 4.79 Å². The average Bonchev–Trinajstić information content (AvgIpc) is 2.36. The number of terminal acetylenes is 1. The van der Waals surface area contributed by atoms with Gasteiger partial charge in [-0.15, -0.1) is 6.42 Å². The minimum Gasteiger partial charge on any atom is -0.330 e. The minimum atomic E-state index is -0.0200. The molecule has 1 amide bonds. The first-order chi connectivity index (χ1) is 6.15. The largest absolute Gasteiger partial charge is 0.330 e. The molecule has 1 fully saturated rings. The maximum Gasteiger partial charge on any atom is 0.240 e. The van der Waals surface area contributed by atoms with Gasteiger partial charge in [0.25, 0.3) is 0 Å². The van der Waals surface area contributed by atoms with Crippen molar-refractivity contribution in [3.05, 3.63) is 0 Å². The first kappa shape index (κ1) is 10.1. The van der Waals surface area contributed by atoms with Crippen molar-refractivity contribution >= 4 is 5.91 Å². The molecule has 0 aliphatic carbocycles. The quantitative estimate of drug-likeness (QED) is 0.630. The Labute approximate surface area is 79.5 Å². The van der Waals surface area contributed by atoms with Crippen molar-refractivity contribution < 1.29 is 4.79 Å². The summed E-state index contributed by atoms with van der Waals surface area (Å²) in [7, 11) is 0. The summed E-state index contributed by atoms with van der Waals surface area (Å²) < 4.78 is 0. The zero-order valence-electron chi connectivity index (χ0n) is 8.21. The van der Waals surface area contributed by atoms with Crippen LogP contribution in [0.5, 0.6) is 0 Å². The van der Waals surface area contributed by atoms with E-state index >= 15 is 0 Å². The third kappa shape index (κ3) is 2.46. The number of carbonyl (C=O) groups is 1. The van der Waals surface area contributed by atoms with Crippen molar-refractivity contribution in [3.8, 4) is 12.3 Å². The van der Waals surface area contributed by atoms with Gasteiger partial charge in [-0.2, -0.15) is 0 Å². The smallest absolute Gasteiger partial charge is 0.240 e. The van der Waals surface area contributed by atoms with Gasteiger partial charge < -0.3 is 10.2 Å². The van der Waals surface area contributed by atoms with E-state index in [4.69, 9.17) is 6.42 Å². The van der Waals surface area contributed by atoms with Gasteiger partial charge in [0.15, 0.2) is 0 Å². The standard InChI is InChI=1S/C10H16N2O/c1-4-6-12-7-5-9(10(12)13)11-8(2)3/h1,8-9,11H,5-7H2,2-3H3. The summed E-state index contributed by atoms with van der Waals surface area (Å²) in [6.45, 7) is 5.30. The number of rotatable bonds is 3. The van der Waals surface area contributed by atoms with Crippen molar-refractivity contribution in [2.75, 3.05) is 13.1 Å². The molecule has 1 aliphatic heterocycles. The molecule has 0 aromatic carbocycles. The lowest BCUT2D eigenvalue weighted by atomic mass is 10.2. The Kier molecular flexibility index (Phi) is 3.32. The molecule has 3 nitrogen and oxygen atoms in total. The normalized spacial score (nSPS) is 22.5. The van der Waals surface area contributed by atoms with Gasteiger partial charge in [-0.05, 0) is 6.42 Å². The minimum absolute atomic E-state index is 0.0200. The van der Waals surface area contributed by atoms with Crippen molar-refractivity contribution in [3.63, 3.8) is 0 Å². The summed E-state index contributed by atoms with van der Waals surface area (Å²) in [5.41, 5.74) is 0. The topological polar surface area (TPSA) is 32.3 Å². The van der Waals surface area contributed by atoms with Crippen molar-refractivity contribution in [2.24, 2.45) is 0 Å². The van der Waals surface area contributed by atoms with Crippen LogP contribution in [0.25, 0.3) is 0 Å². The van der Waals surface area contributed by atoms with Crippen LogP contribution in [0.1, 0.15) is 20.3 Å². The van der Waals surface area contributed by atoms with Crippen molar-refractivity contribution in [2.45, 2.75) is 32.4 Å². The first-order valence-electron chi connectivity index (χ1n) is 4.63. The number of amides is 1. The number of nitrogens with zero attached hydrogens (tertiary/aromatic N) is 1. The molecule has 1 rings (SSSR count). The Bertz CT molecular complexity index is 230. The summed E-state index contributed by atoms with van der Waals surface area (Å²) in [5.74, 6) is 2.64. The van der Waals surface area contributed by atoms with E-state index in [0.29, 0.717) is 12.6 Å². The second-order valence-corrected chi connectivity index (χ2v) is 3.63. The molecule has 0 radical (unpaired) electrons. The SMILES string of the molecule is C#CCN1CCC(NC(C)C)C1=O. The molecule has 1 heterocycles. The molecule has 1 unspecified atom stereocenters. The Hall–Kier alpha value is -1.01. The molecule has 0 bridgehead atoms. The fourth-order valence-electron chi connectivity index (χ4n) is 1.56. The summed E-state index contributed by atoms with van der Waals surface area (Å²) in [4.78, 5) is 13.3. The van der Waals surface area contributed by atoms with Crippen LogP contribution in [0.2, 0.25) is 0 Å². The van der Waals surface area contributed by atoms with E-state index in [9.17, 15) is 4.79 Å². The van der Waals surface area contributed by atoms with Gasteiger partial charge in [0, 0.05) is 12.6 Å². The van der Waals surface area contributed by atoms with Crippen LogP contribution >= 0.6 is 0 Å². The highest BCUT2D eigenvalue weighted by atomic mass is 16.2. The molecule has 1 aliphatic rings. The van der Waals surface area contributed by atoms with Gasteiger partial charge in [0.2, 0.25) is 5.91 Å². The van der Waals surface area contributed by atoms with Gasteiger partial charge in [-0.1, -0.05) is 19.8 Å². The Morgan fingerprint density at radius 2 is 2.46 bits per heavy atom. The van der Waals surface area contributed by atoms with E-state index in [1.54, 1.807) is 4.90 Å². The fourth-order valence-corrected chi connectivity index (χ4v) is 1.56. The van der Waals surface area contributed by atoms with E-state index < -0.39 is 0 Å². The molecule has 0 spiro atoms. The van der Waals surface area contributed by atoms with E-state index in [0.717, 1.165) is 13.0 Å².